The van der Waals surface area contributed by atoms with Crippen LogP contribution in [0.5, 0.6) is 0 Å². The van der Waals surface area contributed by atoms with Crippen LogP contribution in [0.2, 0.25) is 0 Å². The molecule has 0 spiro atoms. The number of Topliss-reactive ketones (excluding diaryl/α,β-unsaturated/α-hetero) is 1. The van der Waals surface area contributed by atoms with Crippen molar-refractivity contribution in [3.8, 4) is 0 Å². The number of ketones is 2. The average Bonchev–Trinajstić information content (AvgIpc) is 3.11. The van der Waals surface area contributed by atoms with Crippen molar-refractivity contribution in [2.24, 2.45) is 0 Å². The van der Waals surface area contributed by atoms with Crippen LogP contribution in [0.25, 0.3) is 0 Å². The molecule has 2 amide bonds. The lowest BCUT2D eigenvalue weighted by molar-refractivity contribution is -0.141. The largest absolute Gasteiger partial charge is 0.481 e. The number of aliphatic carboxylic acids is 1. The van der Waals surface area contributed by atoms with Gasteiger partial charge in [0.1, 0.15) is 5.78 Å². The van der Waals surface area contributed by atoms with Crippen molar-refractivity contribution in [2.75, 3.05) is 20.2 Å². The number of unbranched alkanes of at least 4 members (excludes halogenated alkanes) is 8. The van der Waals surface area contributed by atoms with E-state index in [0.717, 1.165) is 103 Å². The molecule has 2 fully saturated rings. The summed E-state index contributed by atoms with van der Waals surface area (Å²) in [4.78, 5) is 73.7. The normalized spacial score (nSPS) is 17.9. The standard InChI is InChI=1S/C21H37NO4.C20H31NO4/c1-3-4-7-12-19(23)16-15-18-11-10-13-20(24)22(18)17-9-6-5-8-14-21(25)26-2;1-2-3-6-11-18(22)15-14-17-10-9-12-19(23)21(17)16-8-5-4-7-13-20(24)25/h18H,3-17H2,1-2H3;5,8,14-15,17H,2-4,6-7,9-13,16H2,1H3,(H,24,25)/b;8-5-,15-14+. The van der Waals surface area contributed by atoms with Crippen molar-refractivity contribution >= 4 is 35.3 Å². The highest BCUT2D eigenvalue weighted by atomic mass is 16.5. The van der Waals surface area contributed by atoms with Gasteiger partial charge in [-0.1, -0.05) is 70.6 Å². The Morgan fingerprint density at radius 2 is 1.39 bits per heavy atom. The number of rotatable bonds is 26. The third-order valence-corrected chi connectivity index (χ3v) is 9.63. The fourth-order valence-electron chi connectivity index (χ4n) is 6.54. The van der Waals surface area contributed by atoms with E-state index in [1.54, 1.807) is 6.08 Å². The van der Waals surface area contributed by atoms with E-state index in [4.69, 9.17) is 5.11 Å². The van der Waals surface area contributed by atoms with Crippen LogP contribution in [-0.2, 0) is 33.5 Å². The molecule has 0 aromatic heterocycles. The Morgan fingerprint density at radius 1 is 0.745 bits per heavy atom. The zero-order valence-electron chi connectivity index (χ0n) is 32.0. The van der Waals surface area contributed by atoms with E-state index in [-0.39, 0.29) is 42.1 Å². The second-order valence-electron chi connectivity index (χ2n) is 14.0. The molecule has 51 heavy (non-hydrogen) atoms. The van der Waals surface area contributed by atoms with Crippen LogP contribution in [0.15, 0.2) is 24.3 Å². The number of amides is 2. The molecule has 2 saturated heterocycles. The number of carboxylic acid groups (broad SMARTS) is 1. The van der Waals surface area contributed by atoms with Crippen molar-refractivity contribution in [1.29, 1.82) is 0 Å². The number of hydrogen-bond donors (Lipinski definition) is 1. The molecule has 0 saturated carbocycles. The van der Waals surface area contributed by atoms with E-state index in [2.05, 4.69) is 18.6 Å². The number of ether oxygens (including phenoxy) is 1. The van der Waals surface area contributed by atoms with E-state index in [9.17, 15) is 28.8 Å². The van der Waals surface area contributed by atoms with Crippen LogP contribution >= 0.6 is 0 Å². The van der Waals surface area contributed by atoms with Gasteiger partial charge in [0.2, 0.25) is 11.8 Å². The number of methoxy groups -OCH3 is 1. The molecule has 0 aliphatic carbocycles. The number of nitrogens with zero attached hydrogens (tertiary/aromatic N) is 2. The van der Waals surface area contributed by atoms with Gasteiger partial charge in [-0.05, 0) is 76.7 Å². The Labute approximate surface area is 307 Å². The molecule has 2 heterocycles. The molecular formula is C41H68N2O8. The van der Waals surface area contributed by atoms with Gasteiger partial charge >= 0.3 is 11.9 Å². The summed E-state index contributed by atoms with van der Waals surface area (Å²) in [5, 5.41) is 8.60. The van der Waals surface area contributed by atoms with Crippen LogP contribution in [0.4, 0.5) is 0 Å². The number of esters is 1. The Balaban J connectivity index is 0.000000510. The second-order valence-corrected chi connectivity index (χ2v) is 14.0. The van der Waals surface area contributed by atoms with Crippen LogP contribution in [0, 0.1) is 0 Å². The summed E-state index contributed by atoms with van der Waals surface area (Å²) >= 11 is 0. The Kier molecular flexibility index (Phi) is 26.3. The van der Waals surface area contributed by atoms with E-state index in [0.29, 0.717) is 63.7 Å². The number of carbonyl (C=O) groups excluding carboxylic acids is 5. The molecule has 0 aromatic rings. The van der Waals surface area contributed by atoms with Gasteiger partial charge in [-0.25, -0.2) is 0 Å². The number of carboxylic acids is 1. The molecular weight excluding hydrogens is 648 g/mol. The van der Waals surface area contributed by atoms with E-state index in [1.165, 1.54) is 7.11 Å². The van der Waals surface area contributed by atoms with E-state index in [1.807, 2.05) is 28.0 Å². The number of carbonyl (C=O) groups is 6. The first-order chi connectivity index (χ1) is 24.6. The lowest BCUT2D eigenvalue weighted by Gasteiger charge is -2.36. The molecule has 0 aromatic carbocycles. The van der Waals surface area contributed by atoms with Gasteiger partial charge in [0.05, 0.1) is 13.2 Å². The zero-order valence-corrected chi connectivity index (χ0v) is 32.0. The molecule has 2 unspecified atom stereocenters. The Bertz CT molecular complexity index is 1100. The summed E-state index contributed by atoms with van der Waals surface area (Å²) in [6, 6.07) is 0.224. The highest BCUT2D eigenvalue weighted by molar-refractivity contribution is 5.89. The van der Waals surface area contributed by atoms with E-state index < -0.39 is 5.97 Å². The molecule has 2 atom stereocenters. The SMILES string of the molecule is CCCCCC(=O)/C=C/C1CCCC(=O)N1C/C=C\CCCC(=O)O.CCCCCC(=O)CCC1CCCC(=O)N1CCCCCCC(=O)OC. The van der Waals surface area contributed by atoms with Gasteiger partial charge in [0.25, 0.3) is 0 Å². The zero-order chi connectivity index (χ0) is 37.7. The smallest absolute Gasteiger partial charge is 0.305 e. The van der Waals surface area contributed by atoms with Gasteiger partial charge in [-0.2, -0.15) is 0 Å². The highest BCUT2D eigenvalue weighted by Crippen LogP contribution is 2.24. The summed E-state index contributed by atoms with van der Waals surface area (Å²) < 4.78 is 4.64. The fraction of sp³-hybridized carbons (Fsp3) is 0.756. The van der Waals surface area contributed by atoms with Gasteiger partial charge in [0.15, 0.2) is 5.78 Å². The van der Waals surface area contributed by atoms with Gasteiger partial charge < -0.3 is 19.6 Å². The third-order valence-electron chi connectivity index (χ3n) is 9.63. The molecule has 10 nitrogen and oxygen atoms in total. The van der Waals surface area contributed by atoms with Crippen LogP contribution in [-0.4, -0.2) is 82.5 Å². The van der Waals surface area contributed by atoms with Crippen LogP contribution < -0.4 is 0 Å². The average molecular weight is 717 g/mol. The number of hydrogen-bond acceptors (Lipinski definition) is 7. The first-order valence-electron chi connectivity index (χ1n) is 19.9. The van der Waals surface area contributed by atoms with Gasteiger partial charge in [0, 0.05) is 64.1 Å². The summed E-state index contributed by atoms with van der Waals surface area (Å²) in [5.41, 5.74) is 0. The molecule has 0 bridgehead atoms. The molecule has 1 N–H and O–H groups in total. The van der Waals surface area contributed by atoms with Crippen molar-refractivity contribution in [1.82, 2.24) is 9.80 Å². The molecule has 2 aliphatic rings. The lowest BCUT2D eigenvalue weighted by atomic mass is 9.95. The van der Waals surface area contributed by atoms with Crippen molar-refractivity contribution in [3.05, 3.63) is 24.3 Å². The first kappa shape index (κ1) is 45.7. The summed E-state index contributed by atoms with van der Waals surface area (Å²) in [6.07, 6.45) is 27.1. The fourth-order valence-corrected chi connectivity index (χ4v) is 6.54. The molecule has 290 valence electrons. The summed E-state index contributed by atoms with van der Waals surface area (Å²) in [6.45, 7) is 5.56. The quantitative estimate of drug-likeness (QED) is 0.0408. The van der Waals surface area contributed by atoms with Crippen LogP contribution in [0.1, 0.15) is 168 Å². The van der Waals surface area contributed by atoms with Gasteiger partial charge in [-0.15, -0.1) is 0 Å². The van der Waals surface area contributed by atoms with Crippen LogP contribution in [0.3, 0.4) is 0 Å². The second kappa shape index (κ2) is 29.3. The molecule has 2 rings (SSSR count). The third kappa shape index (κ3) is 22.3. The minimum Gasteiger partial charge on any atom is -0.481 e. The van der Waals surface area contributed by atoms with Crippen molar-refractivity contribution in [2.45, 2.75) is 180 Å². The lowest BCUT2D eigenvalue weighted by Crippen LogP contribution is -2.44. The predicted molar refractivity (Wildman–Crippen MR) is 201 cm³/mol. The minimum absolute atomic E-state index is 0.0138. The first-order valence-corrected chi connectivity index (χ1v) is 19.9. The highest BCUT2D eigenvalue weighted by Gasteiger charge is 2.28. The summed E-state index contributed by atoms with van der Waals surface area (Å²) in [7, 11) is 1.42. The Hall–Kier alpha value is -3.30. The van der Waals surface area contributed by atoms with Crippen molar-refractivity contribution in [3.63, 3.8) is 0 Å². The monoisotopic (exact) mass is 716 g/mol. The van der Waals surface area contributed by atoms with Crippen molar-refractivity contribution < 1.29 is 38.6 Å². The van der Waals surface area contributed by atoms with E-state index >= 15 is 0 Å². The maximum atomic E-state index is 12.3. The molecule has 10 heteroatoms. The summed E-state index contributed by atoms with van der Waals surface area (Å²) in [5.74, 6) is -0.0908. The Morgan fingerprint density at radius 3 is 2.08 bits per heavy atom. The predicted octanol–water partition coefficient (Wildman–Crippen LogP) is 8.30. The maximum Gasteiger partial charge on any atom is 0.305 e. The number of allylic oxidation sites excluding steroid dienone is 2. The number of likely N-dealkylation sites (tertiary alicyclic amines) is 2. The molecule has 0 radical (unpaired) electrons. The minimum atomic E-state index is -0.784. The number of piperidine rings is 2. The van der Waals surface area contributed by atoms with Gasteiger partial charge in [-0.3, -0.25) is 28.8 Å². The topological polar surface area (TPSA) is 138 Å². The molecule has 2 aliphatic heterocycles. The maximum absolute atomic E-state index is 12.3.